The molecule has 1 aliphatic carbocycles. The van der Waals surface area contributed by atoms with Crippen LogP contribution in [0.25, 0.3) is 0 Å². The monoisotopic (exact) mass is 301 g/mol. The van der Waals surface area contributed by atoms with Crippen LogP contribution in [0.2, 0.25) is 0 Å². The third kappa shape index (κ3) is 2.17. The predicted octanol–water partition coefficient (Wildman–Crippen LogP) is 1.99. The fourth-order valence-electron chi connectivity index (χ4n) is 1.97. The van der Waals surface area contributed by atoms with Gasteiger partial charge in [0.25, 0.3) is 0 Å². The number of nitrogens with zero attached hydrogens (tertiary/aromatic N) is 2. The molecule has 0 amide bonds. The summed E-state index contributed by atoms with van der Waals surface area (Å²) in [5.41, 5.74) is 6.29. The van der Waals surface area contributed by atoms with Crippen LogP contribution in [0.3, 0.4) is 0 Å². The smallest absolute Gasteiger partial charge is 0.163 e. The van der Waals surface area contributed by atoms with Crippen LogP contribution in [0.15, 0.2) is 4.47 Å². The first-order chi connectivity index (χ1) is 8.13. The Balaban J connectivity index is 2.41. The van der Waals surface area contributed by atoms with E-state index in [1.165, 1.54) is 0 Å². The van der Waals surface area contributed by atoms with Gasteiger partial charge < -0.3 is 15.2 Å². The number of methoxy groups -OCH3 is 2. The van der Waals surface area contributed by atoms with Gasteiger partial charge in [-0.25, -0.2) is 9.97 Å². The number of rotatable bonds is 4. The Kier molecular flexibility index (Phi) is 3.65. The van der Waals surface area contributed by atoms with E-state index in [1.54, 1.807) is 14.2 Å². The van der Waals surface area contributed by atoms with Crippen molar-refractivity contribution >= 4 is 21.7 Å². The van der Waals surface area contributed by atoms with Gasteiger partial charge in [0, 0.05) is 14.2 Å². The molecule has 1 aromatic heterocycles. The van der Waals surface area contributed by atoms with Gasteiger partial charge in [-0.05, 0) is 35.2 Å². The molecule has 1 saturated carbocycles. The topological polar surface area (TPSA) is 70.3 Å². The molecule has 0 bridgehead atoms. The van der Waals surface area contributed by atoms with Crippen LogP contribution in [0.4, 0.5) is 5.82 Å². The average molecular weight is 302 g/mol. The van der Waals surface area contributed by atoms with Crippen molar-refractivity contribution in [2.45, 2.75) is 31.5 Å². The second kappa shape index (κ2) is 4.88. The summed E-state index contributed by atoms with van der Waals surface area (Å²) < 4.78 is 11.4. The molecule has 5 nitrogen and oxygen atoms in total. The van der Waals surface area contributed by atoms with E-state index in [-0.39, 0.29) is 5.60 Å². The molecular formula is C11H16BrN3O2. The molecule has 17 heavy (non-hydrogen) atoms. The summed E-state index contributed by atoms with van der Waals surface area (Å²) in [6.07, 6.45) is 3.01. The Morgan fingerprint density at radius 2 is 2.06 bits per heavy atom. The molecule has 2 N–H and O–H groups in total. The largest absolute Gasteiger partial charge is 0.383 e. The van der Waals surface area contributed by atoms with Crippen molar-refractivity contribution < 1.29 is 9.47 Å². The van der Waals surface area contributed by atoms with Crippen LogP contribution in [0, 0.1) is 0 Å². The Morgan fingerprint density at radius 3 is 2.53 bits per heavy atom. The third-order valence-corrected chi connectivity index (χ3v) is 4.05. The third-order valence-electron chi connectivity index (χ3n) is 3.19. The molecule has 6 heteroatoms. The molecule has 0 spiro atoms. The minimum Gasteiger partial charge on any atom is -0.383 e. The second-order valence-corrected chi connectivity index (χ2v) is 4.97. The Hall–Kier alpha value is -0.720. The maximum atomic E-state index is 5.87. The predicted molar refractivity (Wildman–Crippen MR) is 67.4 cm³/mol. The van der Waals surface area contributed by atoms with Gasteiger partial charge in [-0.3, -0.25) is 0 Å². The second-order valence-electron chi connectivity index (χ2n) is 4.18. The maximum absolute atomic E-state index is 5.87. The Morgan fingerprint density at radius 1 is 1.35 bits per heavy atom. The van der Waals surface area contributed by atoms with Gasteiger partial charge in [-0.1, -0.05) is 0 Å². The van der Waals surface area contributed by atoms with Crippen molar-refractivity contribution in [2.75, 3.05) is 20.0 Å². The van der Waals surface area contributed by atoms with Gasteiger partial charge in [0.05, 0.1) is 16.8 Å². The number of anilines is 1. The van der Waals surface area contributed by atoms with Crippen molar-refractivity contribution in [1.82, 2.24) is 9.97 Å². The zero-order chi connectivity index (χ0) is 12.5. The number of halogens is 1. The molecule has 0 aromatic carbocycles. The summed E-state index contributed by atoms with van der Waals surface area (Å²) in [4.78, 5) is 8.82. The molecule has 0 radical (unpaired) electrons. The standard InChI is InChI=1S/C11H16BrN3O2/c1-16-6-7-8(12)9(13)15-10(14-7)11(17-2)4-3-5-11/h3-6H2,1-2H3,(H2,13,14,15). The Bertz CT molecular complexity index is 416. The summed E-state index contributed by atoms with van der Waals surface area (Å²) in [6, 6.07) is 0. The highest BCUT2D eigenvalue weighted by atomic mass is 79.9. The van der Waals surface area contributed by atoms with Crippen molar-refractivity contribution in [2.24, 2.45) is 0 Å². The van der Waals surface area contributed by atoms with Crippen molar-refractivity contribution in [3.63, 3.8) is 0 Å². The lowest BCUT2D eigenvalue weighted by molar-refractivity contribution is -0.0848. The quantitative estimate of drug-likeness (QED) is 0.921. The zero-order valence-corrected chi connectivity index (χ0v) is 11.6. The molecule has 94 valence electrons. The molecule has 1 aliphatic rings. The van der Waals surface area contributed by atoms with Crippen LogP contribution in [0.5, 0.6) is 0 Å². The van der Waals surface area contributed by atoms with Gasteiger partial charge in [0.15, 0.2) is 5.82 Å². The van der Waals surface area contributed by atoms with Crippen LogP contribution < -0.4 is 5.73 Å². The van der Waals surface area contributed by atoms with E-state index >= 15 is 0 Å². The van der Waals surface area contributed by atoms with E-state index in [4.69, 9.17) is 15.2 Å². The highest BCUT2D eigenvalue weighted by Gasteiger charge is 2.42. The molecule has 0 aliphatic heterocycles. The molecule has 0 unspecified atom stereocenters. The van der Waals surface area contributed by atoms with Gasteiger partial charge in [-0.15, -0.1) is 0 Å². The molecule has 2 rings (SSSR count). The number of aromatic nitrogens is 2. The minimum atomic E-state index is -0.350. The Labute approximate surface area is 109 Å². The highest BCUT2D eigenvalue weighted by molar-refractivity contribution is 9.10. The van der Waals surface area contributed by atoms with Crippen LogP contribution >= 0.6 is 15.9 Å². The van der Waals surface area contributed by atoms with E-state index in [0.717, 1.165) is 25.0 Å². The van der Waals surface area contributed by atoms with E-state index in [1.807, 2.05) is 0 Å². The van der Waals surface area contributed by atoms with Gasteiger partial charge in [-0.2, -0.15) is 0 Å². The van der Waals surface area contributed by atoms with E-state index in [2.05, 4.69) is 25.9 Å². The lowest BCUT2D eigenvalue weighted by Gasteiger charge is -2.39. The van der Waals surface area contributed by atoms with Gasteiger partial charge >= 0.3 is 0 Å². The molecule has 1 heterocycles. The molecule has 1 fully saturated rings. The van der Waals surface area contributed by atoms with Gasteiger partial charge in [0.1, 0.15) is 11.4 Å². The first-order valence-corrected chi connectivity index (χ1v) is 6.29. The minimum absolute atomic E-state index is 0.350. The fraction of sp³-hybridized carbons (Fsp3) is 0.636. The fourth-order valence-corrected chi connectivity index (χ4v) is 2.26. The zero-order valence-electron chi connectivity index (χ0n) is 9.99. The molecule has 0 saturated heterocycles. The number of ether oxygens (including phenoxy) is 2. The van der Waals surface area contributed by atoms with Crippen LogP contribution in [0.1, 0.15) is 30.8 Å². The van der Waals surface area contributed by atoms with Crippen molar-refractivity contribution in [1.29, 1.82) is 0 Å². The summed E-state index contributed by atoms with van der Waals surface area (Å²) in [7, 11) is 3.32. The first kappa shape index (κ1) is 12.7. The number of nitrogens with two attached hydrogens (primary N) is 1. The lowest BCUT2D eigenvalue weighted by atomic mass is 9.79. The lowest BCUT2D eigenvalue weighted by Crippen LogP contribution is -2.38. The summed E-state index contributed by atoms with van der Waals surface area (Å²) in [5, 5.41) is 0. The van der Waals surface area contributed by atoms with E-state index in [9.17, 15) is 0 Å². The SMILES string of the molecule is COCc1nc(C2(OC)CCC2)nc(N)c1Br. The van der Waals surface area contributed by atoms with E-state index < -0.39 is 0 Å². The number of hydrogen-bond donors (Lipinski definition) is 1. The van der Waals surface area contributed by atoms with E-state index in [0.29, 0.717) is 22.7 Å². The van der Waals surface area contributed by atoms with Crippen molar-refractivity contribution in [3.05, 3.63) is 16.0 Å². The first-order valence-electron chi connectivity index (χ1n) is 5.49. The molecular weight excluding hydrogens is 286 g/mol. The highest BCUT2D eigenvalue weighted by Crippen LogP contribution is 2.43. The van der Waals surface area contributed by atoms with Crippen LogP contribution in [-0.2, 0) is 21.7 Å². The number of nitrogen functional groups attached to an aromatic ring is 1. The molecule has 1 aromatic rings. The maximum Gasteiger partial charge on any atom is 0.163 e. The van der Waals surface area contributed by atoms with Crippen molar-refractivity contribution in [3.8, 4) is 0 Å². The summed E-state index contributed by atoms with van der Waals surface area (Å²) in [6.45, 7) is 0.403. The van der Waals surface area contributed by atoms with Crippen LogP contribution in [-0.4, -0.2) is 24.2 Å². The molecule has 0 atom stereocenters. The van der Waals surface area contributed by atoms with Gasteiger partial charge in [0.2, 0.25) is 0 Å². The number of hydrogen-bond acceptors (Lipinski definition) is 5. The average Bonchev–Trinajstić information content (AvgIpc) is 2.24. The summed E-state index contributed by atoms with van der Waals surface area (Å²) >= 11 is 3.37. The summed E-state index contributed by atoms with van der Waals surface area (Å²) in [5.74, 6) is 1.10. The normalized spacial score (nSPS) is 17.8.